The largest absolute Gasteiger partial charge is 0.463 e. The summed E-state index contributed by atoms with van der Waals surface area (Å²) in [7, 11) is 0. The Morgan fingerprint density at radius 1 is 1.33 bits per heavy atom. The summed E-state index contributed by atoms with van der Waals surface area (Å²) < 4.78 is 41.8. The van der Waals surface area contributed by atoms with Crippen LogP contribution in [0.25, 0.3) is 0 Å². The van der Waals surface area contributed by atoms with E-state index in [1.54, 1.807) is 13.8 Å². The van der Waals surface area contributed by atoms with Gasteiger partial charge in [0.2, 0.25) is 0 Å². The zero-order valence-corrected chi connectivity index (χ0v) is 11.5. The molecule has 0 spiro atoms. The van der Waals surface area contributed by atoms with E-state index in [0.717, 1.165) is 18.3 Å². The van der Waals surface area contributed by atoms with Crippen LogP contribution in [0.15, 0.2) is 18.3 Å². The van der Waals surface area contributed by atoms with Crippen molar-refractivity contribution in [1.82, 2.24) is 10.3 Å². The van der Waals surface area contributed by atoms with Crippen LogP contribution in [0.2, 0.25) is 0 Å². The maximum Gasteiger partial charge on any atom is 0.433 e. The molecule has 0 radical (unpaired) electrons. The Labute approximate surface area is 119 Å². The molecule has 8 heteroatoms. The number of amides is 1. The fraction of sp³-hybridized carbons (Fsp3) is 0.462. The molecule has 0 saturated carbocycles. The third-order valence-electron chi connectivity index (χ3n) is 2.30. The summed E-state index contributed by atoms with van der Waals surface area (Å²) in [5.74, 6) is -1.07. The third-order valence-corrected chi connectivity index (χ3v) is 2.30. The van der Waals surface area contributed by atoms with E-state index in [-0.39, 0.29) is 24.6 Å². The van der Waals surface area contributed by atoms with Gasteiger partial charge in [-0.3, -0.25) is 14.6 Å². The van der Waals surface area contributed by atoms with Crippen LogP contribution in [0.5, 0.6) is 0 Å². The van der Waals surface area contributed by atoms with E-state index in [2.05, 4.69) is 10.3 Å². The highest BCUT2D eigenvalue weighted by molar-refractivity contribution is 5.94. The van der Waals surface area contributed by atoms with Crippen molar-refractivity contribution in [3.05, 3.63) is 29.6 Å². The van der Waals surface area contributed by atoms with Gasteiger partial charge in [-0.2, -0.15) is 13.2 Å². The average molecular weight is 304 g/mol. The number of aromatic nitrogens is 1. The number of nitrogens with one attached hydrogen (secondary N) is 1. The summed E-state index contributed by atoms with van der Waals surface area (Å²) in [5.41, 5.74) is -1.08. The van der Waals surface area contributed by atoms with Gasteiger partial charge in [-0.05, 0) is 26.0 Å². The Morgan fingerprint density at radius 3 is 2.48 bits per heavy atom. The molecule has 0 aromatic carbocycles. The third kappa shape index (κ3) is 5.80. The van der Waals surface area contributed by atoms with Crippen molar-refractivity contribution in [2.24, 2.45) is 0 Å². The van der Waals surface area contributed by atoms with E-state index in [4.69, 9.17) is 4.74 Å². The first-order valence-corrected chi connectivity index (χ1v) is 6.21. The molecule has 21 heavy (non-hydrogen) atoms. The van der Waals surface area contributed by atoms with Crippen LogP contribution in [-0.4, -0.2) is 29.5 Å². The van der Waals surface area contributed by atoms with Crippen LogP contribution in [-0.2, 0) is 15.7 Å². The fourth-order valence-corrected chi connectivity index (χ4v) is 1.40. The number of halogens is 3. The minimum atomic E-state index is -4.55. The molecule has 0 unspecified atom stereocenters. The summed E-state index contributed by atoms with van der Waals surface area (Å²) >= 11 is 0. The zero-order valence-electron chi connectivity index (χ0n) is 11.5. The fourth-order valence-electron chi connectivity index (χ4n) is 1.40. The van der Waals surface area contributed by atoms with E-state index in [1.165, 1.54) is 0 Å². The molecule has 5 nitrogen and oxygen atoms in total. The van der Waals surface area contributed by atoms with Crippen molar-refractivity contribution in [2.75, 3.05) is 6.54 Å². The lowest BCUT2D eigenvalue weighted by Gasteiger charge is -2.09. The molecule has 116 valence electrons. The Balaban J connectivity index is 2.48. The number of hydrogen-bond donors (Lipinski definition) is 1. The summed E-state index contributed by atoms with van der Waals surface area (Å²) in [4.78, 5) is 26.0. The van der Waals surface area contributed by atoms with Gasteiger partial charge in [0.25, 0.3) is 5.91 Å². The van der Waals surface area contributed by atoms with Crippen LogP contribution < -0.4 is 5.32 Å². The second kappa shape index (κ2) is 7.05. The Hall–Kier alpha value is -2.12. The lowest BCUT2D eigenvalue weighted by Crippen LogP contribution is -2.27. The van der Waals surface area contributed by atoms with E-state index in [9.17, 15) is 22.8 Å². The highest BCUT2D eigenvalue weighted by atomic mass is 19.4. The predicted molar refractivity (Wildman–Crippen MR) is 67.4 cm³/mol. The molecule has 0 saturated heterocycles. The van der Waals surface area contributed by atoms with Crippen LogP contribution in [0.1, 0.15) is 36.3 Å². The van der Waals surface area contributed by atoms with Gasteiger partial charge in [0.15, 0.2) is 0 Å². The molecule has 0 atom stereocenters. The number of hydrogen-bond acceptors (Lipinski definition) is 4. The van der Waals surface area contributed by atoms with Gasteiger partial charge in [0, 0.05) is 12.7 Å². The molecule has 1 N–H and O–H groups in total. The Bertz CT molecular complexity index is 498. The molecule has 1 rings (SSSR count). The zero-order chi connectivity index (χ0) is 16.0. The van der Waals surface area contributed by atoms with Gasteiger partial charge < -0.3 is 10.1 Å². The van der Waals surface area contributed by atoms with Gasteiger partial charge in [0.05, 0.1) is 18.1 Å². The summed E-state index contributed by atoms with van der Waals surface area (Å²) in [6.07, 6.45) is -3.97. The lowest BCUT2D eigenvalue weighted by atomic mass is 10.2. The highest BCUT2D eigenvalue weighted by Gasteiger charge is 2.32. The minimum absolute atomic E-state index is 0.0137. The van der Waals surface area contributed by atoms with Gasteiger partial charge in [-0.1, -0.05) is 0 Å². The molecular weight excluding hydrogens is 289 g/mol. The molecule has 1 aromatic rings. The van der Waals surface area contributed by atoms with Crippen LogP contribution in [0, 0.1) is 0 Å². The second-order valence-corrected chi connectivity index (χ2v) is 4.47. The van der Waals surface area contributed by atoms with E-state index in [0.29, 0.717) is 0 Å². The van der Waals surface area contributed by atoms with E-state index >= 15 is 0 Å². The molecule has 1 aromatic heterocycles. The molecule has 1 heterocycles. The van der Waals surface area contributed by atoms with Crippen molar-refractivity contribution in [2.45, 2.75) is 32.5 Å². The molecule has 0 bridgehead atoms. The first-order chi connectivity index (χ1) is 9.70. The number of esters is 1. The smallest absolute Gasteiger partial charge is 0.433 e. The highest BCUT2D eigenvalue weighted by Crippen LogP contribution is 2.27. The molecule has 0 aliphatic carbocycles. The maximum atomic E-state index is 12.3. The number of alkyl halides is 3. The van der Waals surface area contributed by atoms with Gasteiger partial charge >= 0.3 is 12.1 Å². The monoisotopic (exact) mass is 304 g/mol. The predicted octanol–water partition coefficient (Wildman–Crippen LogP) is 2.17. The van der Waals surface area contributed by atoms with E-state index < -0.39 is 23.7 Å². The normalized spacial score (nSPS) is 11.3. The summed E-state index contributed by atoms with van der Waals surface area (Å²) in [5, 5.41) is 2.40. The van der Waals surface area contributed by atoms with Crippen molar-refractivity contribution in [3.8, 4) is 0 Å². The van der Waals surface area contributed by atoms with Crippen molar-refractivity contribution in [3.63, 3.8) is 0 Å². The number of carbonyl (C=O) groups is 2. The minimum Gasteiger partial charge on any atom is -0.463 e. The maximum absolute atomic E-state index is 12.3. The van der Waals surface area contributed by atoms with Gasteiger partial charge in [0.1, 0.15) is 5.69 Å². The molecule has 0 aliphatic rings. The number of carbonyl (C=O) groups excluding carboxylic acids is 2. The Kier molecular flexibility index (Phi) is 5.69. The van der Waals surface area contributed by atoms with E-state index in [1.807, 2.05) is 0 Å². The van der Waals surface area contributed by atoms with Crippen molar-refractivity contribution < 1.29 is 27.5 Å². The summed E-state index contributed by atoms with van der Waals surface area (Å²) in [6, 6.07) is 1.75. The molecule has 0 fully saturated rings. The molecule has 1 amide bonds. The van der Waals surface area contributed by atoms with Crippen molar-refractivity contribution in [1.29, 1.82) is 0 Å². The number of ether oxygens (including phenoxy) is 1. The SMILES string of the molecule is CC(C)OC(=O)CCNC(=O)c1ccc(C(F)(F)F)nc1. The average Bonchev–Trinajstić information content (AvgIpc) is 2.36. The Morgan fingerprint density at radius 2 is 2.00 bits per heavy atom. The van der Waals surface area contributed by atoms with Crippen molar-refractivity contribution >= 4 is 11.9 Å². The molecule has 0 aliphatic heterocycles. The first kappa shape index (κ1) is 16.9. The standard InChI is InChI=1S/C13H15F3N2O3/c1-8(2)21-11(19)5-6-17-12(20)9-3-4-10(18-7-9)13(14,15)16/h3-4,7-8H,5-6H2,1-2H3,(H,17,20). The summed E-state index contributed by atoms with van der Waals surface area (Å²) in [6.45, 7) is 3.43. The first-order valence-electron chi connectivity index (χ1n) is 6.21. The topological polar surface area (TPSA) is 68.3 Å². The number of rotatable bonds is 5. The second-order valence-electron chi connectivity index (χ2n) is 4.47. The van der Waals surface area contributed by atoms with Crippen LogP contribution in [0.4, 0.5) is 13.2 Å². The molecular formula is C13H15F3N2O3. The quantitative estimate of drug-likeness (QED) is 0.847. The van der Waals surface area contributed by atoms with Gasteiger partial charge in [-0.15, -0.1) is 0 Å². The number of pyridine rings is 1. The van der Waals surface area contributed by atoms with Crippen LogP contribution >= 0.6 is 0 Å². The van der Waals surface area contributed by atoms with Gasteiger partial charge in [-0.25, -0.2) is 0 Å². The van der Waals surface area contributed by atoms with Crippen LogP contribution in [0.3, 0.4) is 0 Å². The lowest BCUT2D eigenvalue weighted by molar-refractivity contribution is -0.147. The number of nitrogens with zero attached hydrogens (tertiary/aromatic N) is 1.